The number of carbonyl (C=O) groups excluding carboxylic acids is 2. The van der Waals surface area contributed by atoms with Gasteiger partial charge in [-0.15, -0.1) is 0 Å². The summed E-state index contributed by atoms with van der Waals surface area (Å²) >= 11 is 0. The van der Waals surface area contributed by atoms with Crippen LogP contribution < -0.4 is 5.32 Å². The first-order chi connectivity index (χ1) is 10.4. The molecule has 4 nitrogen and oxygen atoms in total. The second-order valence-electron chi connectivity index (χ2n) is 7.79. The van der Waals surface area contributed by atoms with E-state index in [0.29, 0.717) is 12.0 Å². The van der Waals surface area contributed by atoms with Crippen LogP contribution in [0.25, 0.3) is 0 Å². The van der Waals surface area contributed by atoms with Gasteiger partial charge in [0.25, 0.3) is 5.91 Å². The maximum absolute atomic E-state index is 12.6. The number of esters is 1. The van der Waals surface area contributed by atoms with Gasteiger partial charge in [-0.3, -0.25) is 4.79 Å². The van der Waals surface area contributed by atoms with Gasteiger partial charge in [0.15, 0.2) is 5.60 Å². The molecule has 0 saturated carbocycles. The second-order valence-corrected chi connectivity index (χ2v) is 7.79. The van der Waals surface area contributed by atoms with Crippen LogP contribution in [0.4, 0.5) is 0 Å². The molecule has 0 spiro atoms. The van der Waals surface area contributed by atoms with Crippen LogP contribution in [-0.2, 0) is 9.53 Å². The lowest BCUT2D eigenvalue weighted by atomic mass is 9.91. The minimum atomic E-state index is -1.19. The van der Waals surface area contributed by atoms with Crippen LogP contribution in [0.1, 0.15) is 63.9 Å². The summed E-state index contributed by atoms with van der Waals surface area (Å²) in [6, 6.07) is 7.14. The first-order valence-corrected chi connectivity index (χ1v) is 8.05. The van der Waals surface area contributed by atoms with Gasteiger partial charge >= 0.3 is 5.97 Å². The molecular formula is C19H29NO3. The SMILES string of the molecule is Cc1ccc(C(=O)OC(C)(CC(C)C)C(=O)NC(C)(C)C)cc1. The maximum atomic E-state index is 12.6. The van der Waals surface area contributed by atoms with E-state index in [4.69, 9.17) is 4.74 Å². The maximum Gasteiger partial charge on any atom is 0.339 e. The van der Waals surface area contributed by atoms with E-state index in [0.717, 1.165) is 5.56 Å². The summed E-state index contributed by atoms with van der Waals surface area (Å²) in [4.78, 5) is 25.1. The van der Waals surface area contributed by atoms with Crippen LogP contribution in [0.15, 0.2) is 24.3 Å². The summed E-state index contributed by atoms with van der Waals surface area (Å²) in [5.41, 5.74) is -0.0549. The Kier molecular flexibility index (Phi) is 5.98. The average molecular weight is 319 g/mol. The zero-order valence-corrected chi connectivity index (χ0v) is 15.3. The third-order valence-corrected chi connectivity index (χ3v) is 3.37. The van der Waals surface area contributed by atoms with Gasteiger partial charge in [-0.1, -0.05) is 31.5 Å². The lowest BCUT2D eigenvalue weighted by Crippen LogP contribution is -2.54. The molecule has 1 rings (SSSR count). The normalized spacial score (nSPS) is 14.3. The van der Waals surface area contributed by atoms with E-state index in [1.807, 2.05) is 53.7 Å². The molecule has 0 bridgehead atoms. The number of carbonyl (C=O) groups is 2. The second kappa shape index (κ2) is 7.16. The van der Waals surface area contributed by atoms with Crippen LogP contribution in [0.5, 0.6) is 0 Å². The number of amides is 1. The summed E-state index contributed by atoms with van der Waals surface area (Å²) in [6.07, 6.45) is 0.465. The Hall–Kier alpha value is -1.84. The van der Waals surface area contributed by atoms with Crippen molar-refractivity contribution in [1.82, 2.24) is 5.32 Å². The molecule has 0 aliphatic heterocycles. The van der Waals surface area contributed by atoms with Crippen molar-refractivity contribution in [3.05, 3.63) is 35.4 Å². The van der Waals surface area contributed by atoms with Crippen molar-refractivity contribution < 1.29 is 14.3 Å². The third-order valence-electron chi connectivity index (χ3n) is 3.37. The highest BCUT2D eigenvalue weighted by atomic mass is 16.6. The van der Waals surface area contributed by atoms with Crippen molar-refractivity contribution in [2.45, 2.75) is 66.0 Å². The lowest BCUT2D eigenvalue weighted by molar-refractivity contribution is -0.142. The van der Waals surface area contributed by atoms with E-state index < -0.39 is 11.6 Å². The Bertz CT molecular complexity index is 555. The van der Waals surface area contributed by atoms with E-state index in [1.54, 1.807) is 19.1 Å². The zero-order valence-electron chi connectivity index (χ0n) is 15.3. The number of rotatable bonds is 5. The van der Waals surface area contributed by atoms with Gasteiger partial charge < -0.3 is 10.1 Å². The van der Waals surface area contributed by atoms with E-state index in [1.165, 1.54) is 0 Å². The molecule has 128 valence electrons. The molecule has 1 aromatic rings. The highest BCUT2D eigenvalue weighted by molar-refractivity contribution is 5.94. The van der Waals surface area contributed by atoms with Crippen molar-refractivity contribution in [2.75, 3.05) is 0 Å². The number of aryl methyl sites for hydroxylation is 1. The molecule has 1 N–H and O–H groups in total. The predicted molar refractivity (Wildman–Crippen MR) is 92.4 cm³/mol. The van der Waals surface area contributed by atoms with Crippen LogP contribution >= 0.6 is 0 Å². The molecule has 0 saturated heterocycles. The van der Waals surface area contributed by atoms with Gasteiger partial charge in [0.1, 0.15) is 0 Å². The fourth-order valence-corrected chi connectivity index (χ4v) is 2.39. The smallest absolute Gasteiger partial charge is 0.339 e. The van der Waals surface area contributed by atoms with Crippen molar-refractivity contribution in [3.8, 4) is 0 Å². The van der Waals surface area contributed by atoms with Crippen molar-refractivity contribution in [1.29, 1.82) is 0 Å². The zero-order chi connectivity index (χ0) is 17.8. The first-order valence-electron chi connectivity index (χ1n) is 8.05. The van der Waals surface area contributed by atoms with E-state index in [9.17, 15) is 9.59 Å². The Balaban J connectivity index is 2.99. The molecule has 0 heterocycles. The quantitative estimate of drug-likeness (QED) is 0.838. The first kappa shape index (κ1) is 19.2. The fourth-order valence-electron chi connectivity index (χ4n) is 2.39. The minimum Gasteiger partial charge on any atom is -0.446 e. The fraction of sp³-hybridized carbons (Fsp3) is 0.579. The van der Waals surface area contributed by atoms with E-state index in [-0.39, 0.29) is 17.4 Å². The Morgan fingerprint density at radius 1 is 1.09 bits per heavy atom. The molecular weight excluding hydrogens is 290 g/mol. The molecule has 0 aliphatic rings. The molecule has 0 aromatic heterocycles. The lowest BCUT2D eigenvalue weighted by Gasteiger charge is -2.33. The Morgan fingerprint density at radius 3 is 2.04 bits per heavy atom. The van der Waals surface area contributed by atoms with Crippen molar-refractivity contribution in [3.63, 3.8) is 0 Å². The van der Waals surface area contributed by atoms with Gasteiger partial charge in [-0.25, -0.2) is 4.79 Å². The molecule has 23 heavy (non-hydrogen) atoms. The van der Waals surface area contributed by atoms with Crippen LogP contribution in [0.2, 0.25) is 0 Å². The molecule has 1 aromatic carbocycles. The number of hydrogen-bond acceptors (Lipinski definition) is 3. The molecule has 0 fully saturated rings. The highest BCUT2D eigenvalue weighted by Crippen LogP contribution is 2.24. The van der Waals surface area contributed by atoms with Crippen LogP contribution in [0, 0.1) is 12.8 Å². The van der Waals surface area contributed by atoms with Gasteiger partial charge in [0.2, 0.25) is 0 Å². The largest absolute Gasteiger partial charge is 0.446 e. The molecule has 4 heteroatoms. The van der Waals surface area contributed by atoms with E-state index >= 15 is 0 Å². The monoisotopic (exact) mass is 319 g/mol. The molecule has 0 aliphatic carbocycles. The summed E-state index contributed by atoms with van der Waals surface area (Å²) in [5.74, 6) is -0.520. The van der Waals surface area contributed by atoms with Crippen LogP contribution in [-0.4, -0.2) is 23.0 Å². The third kappa shape index (κ3) is 6.05. The van der Waals surface area contributed by atoms with Gasteiger partial charge in [0, 0.05) is 5.54 Å². The molecule has 0 radical (unpaired) electrons. The van der Waals surface area contributed by atoms with Crippen molar-refractivity contribution in [2.24, 2.45) is 5.92 Å². The van der Waals surface area contributed by atoms with Crippen molar-refractivity contribution >= 4 is 11.9 Å². The number of nitrogens with one attached hydrogen (secondary N) is 1. The van der Waals surface area contributed by atoms with Gasteiger partial charge in [0.05, 0.1) is 5.56 Å². The van der Waals surface area contributed by atoms with Crippen LogP contribution in [0.3, 0.4) is 0 Å². The molecule has 1 amide bonds. The minimum absolute atomic E-state index is 0.219. The number of benzene rings is 1. The number of hydrogen-bond donors (Lipinski definition) is 1. The summed E-state index contributed by atoms with van der Waals surface area (Å²) < 4.78 is 5.63. The Labute approximate surface area is 139 Å². The average Bonchev–Trinajstić information content (AvgIpc) is 2.36. The van der Waals surface area contributed by atoms with E-state index in [2.05, 4.69) is 5.32 Å². The number of ether oxygens (including phenoxy) is 1. The Morgan fingerprint density at radius 2 is 1.61 bits per heavy atom. The summed E-state index contributed by atoms with van der Waals surface area (Å²) in [7, 11) is 0. The molecule has 1 atom stereocenters. The van der Waals surface area contributed by atoms with Gasteiger partial charge in [-0.05, 0) is 59.1 Å². The summed E-state index contributed by atoms with van der Waals surface area (Å²) in [5, 5.41) is 2.91. The predicted octanol–water partition coefficient (Wildman–Crippen LogP) is 3.87. The summed E-state index contributed by atoms with van der Waals surface area (Å²) in [6.45, 7) is 13.4. The molecule has 1 unspecified atom stereocenters. The highest BCUT2D eigenvalue weighted by Gasteiger charge is 2.39. The topological polar surface area (TPSA) is 55.4 Å². The standard InChI is InChI=1S/C19H29NO3/c1-13(2)12-19(7,17(22)20-18(4,5)6)23-16(21)15-10-8-14(3)9-11-15/h8-11,13H,12H2,1-7H3,(H,20,22). The van der Waals surface area contributed by atoms with Gasteiger partial charge in [-0.2, -0.15) is 0 Å².